The van der Waals surface area contributed by atoms with Crippen LogP contribution in [0.3, 0.4) is 0 Å². The lowest BCUT2D eigenvalue weighted by atomic mass is 9.98. The van der Waals surface area contributed by atoms with Crippen molar-refractivity contribution in [1.29, 1.82) is 0 Å². The third-order valence-corrected chi connectivity index (χ3v) is 3.18. The first kappa shape index (κ1) is 8.85. The molecule has 1 aromatic carbocycles. The molecule has 13 heavy (non-hydrogen) atoms. The highest BCUT2D eigenvalue weighted by atomic mass is 32.2. The van der Waals surface area contributed by atoms with E-state index >= 15 is 0 Å². The molecular formula is C11H12OS. The molecule has 1 aliphatic heterocycles. The summed E-state index contributed by atoms with van der Waals surface area (Å²) in [5.41, 5.74) is 1.01. The average molecular weight is 192 g/mol. The molecule has 2 heteroatoms. The molecule has 2 rings (SSSR count). The smallest absolute Gasteiger partial charge is 0.0860 e. The van der Waals surface area contributed by atoms with Crippen molar-refractivity contribution in [1.82, 2.24) is 0 Å². The zero-order valence-electron chi connectivity index (χ0n) is 7.26. The van der Waals surface area contributed by atoms with Crippen molar-refractivity contribution in [3.8, 4) is 0 Å². The van der Waals surface area contributed by atoms with Gasteiger partial charge >= 0.3 is 0 Å². The van der Waals surface area contributed by atoms with Crippen LogP contribution in [0.4, 0.5) is 0 Å². The highest BCUT2D eigenvalue weighted by molar-refractivity contribution is 8.02. The fraction of sp³-hybridized carbons (Fsp3) is 0.273. The summed E-state index contributed by atoms with van der Waals surface area (Å²) in [5, 5.41) is 12.0. The third kappa shape index (κ3) is 1.95. The Morgan fingerprint density at radius 3 is 2.69 bits per heavy atom. The summed E-state index contributed by atoms with van der Waals surface area (Å²) in [6.07, 6.45) is 1.75. The van der Waals surface area contributed by atoms with Crippen molar-refractivity contribution in [2.24, 2.45) is 5.92 Å². The SMILES string of the molecule is OC(c1ccccc1)C1C=CSC1. The van der Waals surface area contributed by atoms with E-state index in [0.717, 1.165) is 11.3 Å². The molecule has 1 nitrogen and oxygen atoms in total. The van der Waals surface area contributed by atoms with Crippen LogP contribution < -0.4 is 0 Å². The Morgan fingerprint density at radius 2 is 2.08 bits per heavy atom. The number of rotatable bonds is 2. The molecule has 0 spiro atoms. The van der Waals surface area contributed by atoms with E-state index < -0.39 is 0 Å². The van der Waals surface area contributed by atoms with Crippen molar-refractivity contribution in [2.45, 2.75) is 6.10 Å². The number of aliphatic hydroxyl groups excluding tert-OH is 1. The average Bonchev–Trinajstić information content (AvgIpc) is 2.71. The maximum absolute atomic E-state index is 9.96. The highest BCUT2D eigenvalue weighted by Gasteiger charge is 2.20. The van der Waals surface area contributed by atoms with Crippen LogP contribution in [-0.4, -0.2) is 10.9 Å². The molecule has 1 heterocycles. The quantitative estimate of drug-likeness (QED) is 0.777. The van der Waals surface area contributed by atoms with E-state index in [4.69, 9.17) is 0 Å². The zero-order valence-corrected chi connectivity index (χ0v) is 8.08. The van der Waals surface area contributed by atoms with Gasteiger partial charge < -0.3 is 5.11 Å². The summed E-state index contributed by atoms with van der Waals surface area (Å²) in [7, 11) is 0. The second-order valence-electron chi connectivity index (χ2n) is 3.18. The summed E-state index contributed by atoms with van der Waals surface area (Å²) in [4.78, 5) is 0. The lowest BCUT2D eigenvalue weighted by molar-refractivity contribution is 0.142. The molecule has 1 N–H and O–H groups in total. The first-order valence-electron chi connectivity index (χ1n) is 4.39. The Bertz CT molecular complexity index is 294. The Hall–Kier alpha value is -0.730. The summed E-state index contributed by atoms with van der Waals surface area (Å²) < 4.78 is 0. The van der Waals surface area contributed by atoms with Crippen LogP contribution in [0.1, 0.15) is 11.7 Å². The van der Waals surface area contributed by atoms with E-state index in [1.807, 2.05) is 30.3 Å². The van der Waals surface area contributed by atoms with Crippen LogP contribution >= 0.6 is 11.8 Å². The van der Waals surface area contributed by atoms with Crippen LogP contribution in [-0.2, 0) is 0 Å². The number of benzene rings is 1. The Kier molecular flexibility index (Phi) is 2.71. The Morgan fingerprint density at radius 1 is 1.31 bits per heavy atom. The lowest BCUT2D eigenvalue weighted by Gasteiger charge is -2.15. The Balaban J connectivity index is 2.13. The van der Waals surface area contributed by atoms with Gasteiger partial charge in [-0.25, -0.2) is 0 Å². The van der Waals surface area contributed by atoms with Gasteiger partial charge in [0.2, 0.25) is 0 Å². The minimum atomic E-state index is -0.340. The van der Waals surface area contributed by atoms with Crippen LogP contribution in [0.25, 0.3) is 0 Å². The van der Waals surface area contributed by atoms with Gasteiger partial charge in [-0.05, 0) is 11.0 Å². The van der Waals surface area contributed by atoms with E-state index in [1.165, 1.54) is 0 Å². The molecule has 0 saturated heterocycles. The molecule has 0 radical (unpaired) electrons. The summed E-state index contributed by atoms with van der Waals surface area (Å²) in [6.45, 7) is 0. The number of hydrogen-bond donors (Lipinski definition) is 1. The van der Waals surface area contributed by atoms with Crippen molar-refractivity contribution in [3.63, 3.8) is 0 Å². The van der Waals surface area contributed by atoms with Crippen LogP contribution in [0.15, 0.2) is 41.8 Å². The molecule has 0 bridgehead atoms. The summed E-state index contributed by atoms with van der Waals surface area (Å²) in [6, 6.07) is 9.84. The molecular weight excluding hydrogens is 180 g/mol. The van der Waals surface area contributed by atoms with E-state index in [2.05, 4.69) is 11.5 Å². The number of thioether (sulfide) groups is 1. The largest absolute Gasteiger partial charge is 0.388 e. The molecule has 2 unspecified atom stereocenters. The van der Waals surface area contributed by atoms with Gasteiger partial charge in [-0.1, -0.05) is 36.4 Å². The second kappa shape index (κ2) is 3.99. The van der Waals surface area contributed by atoms with Gasteiger partial charge in [0.25, 0.3) is 0 Å². The standard InChI is InChI=1S/C11H12OS/c12-11(10-6-7-13-8-10)9-4-2-1-3-5-9/h1-7,10-12H,8H2. The molecule has 0 fully saturated rings. The van der Waals surface area contributed by atoms with E-state index in [-0.39, 0.29) is 12.0 Å². The maximum Gasteiger partial charge on any atom is 0.0860 e. The minimum Gasteiger partial charge on any atom is -0.388 e. The van der Waals surface area contributed by atoms with Gasteiger partial charge in [0.1, 0.15) is 0 Å². The topological polar surface area (TPSA) is 20.2 Å². The number of aliphatic hydroxyl groups is 1. The predicted molar refractivity (Wildman–Crippen MR) is 56.5 cm³/mol. The van der Waals surface area contributed by atoms with Gasteiger partial charge in [0, 0.05) is 11.7 Å². The third-order valence-electron chi connectivity index (χ3n) is 2.26. The maximum atomic E-state index is 9.96. The van der Waals surface area contributed by atoms with Gasteiger partial charge in [0.05, 0.1) is 6.10 Å². The monoisotopic (exact) mass is 192 g/mol. The molecule has 1 aromatic rings. The number of hydrogen-bond acceptors (Lipinski definition) is 2. The normalized spacial score (nSPS) is 23.3. The molecule has 0 saturated carbocycles. The highest BCUT2D eigenvalue weighted by Crippen LogP contribution is 2.31. The van der Waals surface area contributed by atoms with Gasteiger partial charge in [-0.2, -0.15) is 0 Å². The van der Waals surface area contributed by atoms with Crippen LogP contribution in [0.2, 0.25) is 0 Å². The predicted octanol–water partition coefficient (Wildman–Crippen LogP) is 2.60. The molecule has 0 aromatic heterocycles. The fourth-order valence-corrected chi connectivity index (χ4v) is 2.41. The van der Waals surface area contributed by atoms with Gasteiger partial charge in [-0.15, -0.1) is 11.8 Å². The molecule has 68 valence electrons. The molecule has 0 amide bonds. The zero-order chi connectivity index (χ0) is 9.10. The van der Waals surface area contributed by atoms with Crippen LogP contribution in [0.5, 0.6) is 0 Å². The first-order chi connectivity index (χ1) is 6.38. The lowest BCUT2D eigenvalue weighted by Crippen LogP contribution is -2.10. The summed E-state index contributed by atoms with van der Waals surface area (Å²) in [5.74, 6) is 1.28. The van der Waals surface area contributed by atoms with Gasteiger partial charge in [0.15, 0.2) is 0 Å². The minimum absolute atomic E-state index is 0.285. The molecule has 1 aliphatic rings. The summed E-state index contributed by atoms with van der Waals surface area (Å²) >= 11 is 1.76. The van der Waals surface area contributed by atoms with Crippen molar-refractivity contribution >= 4 is 11.8 Å². The van der Waals surface area contributed by atoms with Crippen LogP contribution in [0, 0.1) is 5.92 Å². The second-order valence-corrected chi connectivity index (χ2v) is 4.12. The Labute approximate surface area is 82.5 Å². The van der Waals surface area contributed by atoms with Crippen molar-refractivity contribution in [2.75, 3.05) is 5.75 Å². The van der Waals surface area contributed by atoms with E-state index in [1.54, 1.807) is 11.8 Å². The van der Waals surface area contributed by atoms with E-state index in [9.17, 15) is 5.11 Å². The fourth-order valence-electron chi connectivity index (χ4n) is 1.47. The van der Waals surface area contributed by atoms with Crippen molar-refractivity contribution < 1.29 is 5.11 Å². The van der Waals surface area contributed by atoms with E-state index in [0.29, 0.717) is 0 Å². The van der Waals surface area contributed by atoms with Crippen molar-refractivity contribution in [3.05, 3.63) is 47.4 Å². The molecule has 2 atom stereocenters. The molecule has 0 aliphatic carbocycles. The van der Waals surface area contributed by atoms with Gasteiger partial charge in [-0.3, -0.25) is 0 Å². The first-order valence-corrected chi connectivity index (χ1v) is 5.44.